The Morgan fingerprint density at radius 2 is 1.86 bits per heavy atom. The summed E-state index contributed by atoms with van der Waals surface area (Å²) in [6.45, 7) is 8.58. The van der Waals surface area contributed by atoms with Crippen LogP contribution < -0.4 is 20.6 Å². The topological polar surface area (TPSA) is 133 Å². The molecular formula is C25H33N3O7. The number of hydrogen-bond donors (Lipinski definition) is 3. The van der Waals surface area contributed by atoms with Crippen LogP contribution in [-0.4, -0.2) is 80.0 Å². The summed E-state index contributed by atoms with van der Waals surface area (Å²) < 4.78 is 11.7. The van der Waals surface area contributed by atoms with Crippen LogP contribution in [0.5, 0.6) is 5.75 Å². The van der Waals surface area contributed by atoms with Crippen molar-refractivity contribution >= 4 is 28.6 Å². The fraction of sp³-hybridized carbons (Fsp3) is 0.480. The number of piperazine rings is 1. The molecule has 10 heteroatoms. The average Bonchev–Trinajstić information content (AvgIpc) is 2.83. The number of anilines is 1. The van der Waals surface area contributed by atoms with Gasteiger partial charge < -0.3 is 34.5 Å². The number of carboxylic acids is 2. The largest absolute Gasteiger partial charge is 0.493 e. The number of piperidine rings is 1. The lowest BCUT2D eigenvalue weighted by molar-refractivity contribution is -0.134. The molecular weight excluding hydrogens is 454 g/mol. The number of nitrogens with zero attached hydrogens (tertiary/aromatic N) is 2. The van der Waals surface area contributed by atoms with E-state index < -0.39 is 11.9 Å². The first-order valence-corrected chi connectivity index (χ1v) is 11.7. The van der Waals surface area contributed by atoms with Crippen LogP contribution in [0.25, 0.3) is 11.0 Å². The molecule has 35 heavy (non-hydrogen) atoms. The first kappa shape index (κ1) is 26.2. The highest BCUT2D eigenvalue weighted by atomic mass is 16.5. The molecule has 2 saturated heterocycles. The summed E-state index contributed by atoms with van der Waals surface area (Å²) in [5.74, 6) is -1.14. The summed E-state index contributed by atoms with van der Waals surface area (Å²) in [4.78, 5) is 35.9. The molecule has 0 radical (unpaired) electrons. The fourth-order valence-corrected chi connectivity index (χ4v) is 4.41. The van der Waals surface area contributed by atoms with Gasteiger partial charge in [-0.25, -0.2) is 14.4 Å². The minimum atomic E-state index is -1.26. The third-order valence-corrected chi connectivity index (χ3v) is 6.11. The number of benzene rings is 1. The van der Waals surface area contributed by atoms with Crippen LogP contribution >= 0.6 is 0 Å². The summed E-state index contributed by atoms with van der Waals surface area (Å²) in [6, 6.07) is 5.67. The van der Waals surface area contributed by atoms with Crippen LogP contribution in [0.4, 0.5) is 5.69 Å². The van der Waals surface area contributed by atoms with Gasteiger partial charge in [-0.1, -0.05) is 0 Å². The maximum absolute atomic E-state index is 12.2. The van der Waals surface area contributed by atoms with Crippen molar-refractivity contribution in [2.75, 3.05) is 57.8 Å². The zero-order valence-electron chi connectivity index (χ0n) is 20.2. The molecule has 190 valence electrons. The van der Waals surface area contributed by atoms with E-state index in [0.29, 0.717) is 30.3 Å². The first-order chi connectivity index (χ1) is 16.7. The predicted molar refractivity (Wildman–Crippen MR) is 132 cm³/mol. The molecule has 2 aliphatic rings. The first-order valence-electron chi connectivity index (χ1n) is 11.7. The molecule has 2 aromatic rings. The van der Waals surface area contributed by atoms with Crippen molar-refractivity contribution in [3.05, 3.63) is 46.3 Å². The molecule has 2 fully saturated rings. The highest BCUT2D eigenvalue weighted by Crippen LogP contribution is 2.33. The van der Waals surface area contributed by atoms with Gasteiger partial charge in [-0.15, -0.1) is 0 Å². The number of hydrogen-bond acceptors (Lipinski definition) is 8. The highest BCUT2D eigenvalue weighted by Gasteiger charge is 2.20. The average molecular weight is 488 g/mol. The Morgan fingerprint density at radius 3 is 2.49 bits per heavy atom. The SMILES string of the molecule is Cc1c(OCC2CCCN(C)C2)ccc2c(N3CCNCC3)cc(=O)oc12.O=C(O)/C=C\C(=O)O. The van der Waals surface area contributed by atoms with E-state index in [0.717, 1.165) is 55.1 Å². The fourth-order valence-electron chi connectivity index (χ4n) is 4.41. The number of aliphatic carboxylic acids is 2. The third kappa shape index (κ3) is 7.56. The van der Waals surface area contributed by atoms with E-state index in [1.807, 2.05) is 19.1 Å². The molecule has 1 unspecified atom stereocenters. The van der Waals surface area contributed by atoms with Crippen LogP contribution in [0.1, 0.15) is 18.4 Å². The Bertz CT molecular complexity index is 1110. The number of aryl methyl sites for hydroxylation is 1. The van der Waals surface area contributed by atoms with Crippen LogP contribution in [0.3, 0.4) is 0 Å². The van der Waals surface area contributed by atoms with Gasteiger partial charge in [-0.05, 0) is 45.5 Å². The minimum Gasteiger partial charge on any atom is -0.493 e. The molecule has 3 N–H and O–H groups in total. The molecule has 1 atom stereocenters. The third-order valence-electron chi connectivity index (χ3n) is 6.11. The second-order valence-electron chi connectivity index (χ2n) is 8.84. The second-order valence-corrected chi connectivity index (χ2v) is 8.84. The maximum Gasteiger partial charge on any atom is 0.338 e. The smallest absolute Gasteiger partial charge is 0.338 e. The van der Waals surface area contributed by atoms with Gasteiger partial charge in [-0.2, -0.15) is 0 Å². The van der Waals surface area contributed by atoms with Gasteiger partial charge in [0.1, 0.15) is 11.3 Å². The van der Waals surface area contributed by atoms with Crippen molar-refractivity contribution in [1.82, 2.24) is 10.2 Å². The normalized spacial score (nSPS) is 18.8. The van der Waals surface area contributed by atoms with E-state index in [1.165, 1.54) is 19.4 Å². The molecule has 1 aromatic carbocycles. The molecule has 1 aromatic heterocycles. The number of ether oxygens (including phenoxy) is 1. The quantitative estimate of drug-likeness (QED) is 0.410. The molecule has 4 rings (SSSR count). The Morgan fingerprint density at radius 1 is 1.17 bits per heavy atom. The van der Waals surface area contributed by atoms with E-state index in [-0.39, 0.29) is 5.63 Å². The van der Waals surface area contributed by atoms with Crippen LogP contribution in [0.15, 0.2) is 39.6 Å². The van der Waals surface area contributed by atoms with Gasteiger partial charge in [0.05, 0.1) is 12.3 Å². The molecule has 0 aliphatic carbocycles. The Balaban J connectivity index is 0.000000371. The number of carboxylic acid groups (broad SMARTS) is 2. The predicted octanol–water partition coefficient (Wildman–Crippen LogP) is 1.94. The van der Waals surface area contributed by atoms with Gasteiger partial charge in [0.15, 0.2) is 0 Å². The van der Waals surface area contributed by atoms with Crippen LogP contribution in [0.2, 0.25) is 0 Å². The number of likely N-dealkylation sites (tertiary alicyclic amines) is 1. The van der Waals surface area contributed by atoms with Crippen LogP contribution in [0, 0.1) is 12.8 Å². The van der Waals surface area contributed by atoms with Crippen molar-refractivity contribution in [3.8, 4) is 5.75 Å². The second kappa shape index (κ2) is 12.4. The molecule has 3 heterocycles. The van der Waals surface area contributed by atoms with Gasteiger partial charge in [0.2, 0.25) is 0 Å². The molecule has 0 spiro atoms. The van der Waals surface area contributed by atoms with Crippen molar-refractivity contribution in [3.63, 3.8) is 0 Å². The van der Waals surface area contributed by atoms with Gasteiger partial charge in [-0.3, -0.25) is 0 Å². The zero-order chi connectivity index (χ0) is 25.4. The van der Waals surface area contributed by atoms with Crippen molar-refractivity contribution < 1.29 is 29.0 Å². The van der Waals surface area contributed by atoms with Crippen molar-refractivity contribution in [1.29, 1.82) is 0 Å². The van der Waals surface area contributed by atoms with E-state index >= 15 is 0 Å². The summed E-state index contributed by atoms with van der Waals surface area (Å²) in [5.41, 5.74) is 2.22. The lowest BCUT2D eigenvalue weighted by Gasteiger charge is -2.30. The molecule has 10 nitrogen and oxygen atoms in total. The van der Waals surface area contributed by atoms with Crippen molar-refractivity contribution in [2.24, 2.45) is 5.92 Å². The molecule has 2 aliphatic heterocycles. The number of fused-ring (bicyclic) bond motifs is 1. The summed E-state index contributed by atoms with van der Waals surface area (Å²) >= 11 is 0. The lowest BCUT2D eigenvalue weighted by Crippen LogP contribution is -2.43. The number of nitrogens with one attached hydrogen (secondary N) is 1. The van der Waals surface area contributed by atoms with E-state index in [1.54, 1.807) is 6.07 Å². The summed E-state index contributed by atoms with van der Waals surface area (Å²) in [7, 11) is 2.17. The van der Waals surface area contributed by atoms with Gasteiger partial charge in [0, 0.05) is 67.8 Å². The minimum absolute atomic E-state index is 0.301. The monoisotopic (exact) mass is 487 g/mol. The van der Waals surface area contributed by atoms with E-state index in [2.05, 4.69) is 22.2 Å². The number of rotatable bonds is 6. The summed E-state index contributed by atoms with van der Waals surface area (Å²) in [5, 5.41) is 20.0. The number of carbonyl (C=O) groups is 2. The molecule has 0 saturated carbocycles. The van der Waals surface area contributed by atoms with Crippen LogP contribution in [-0.2, 0) is 9.59 Å². The highest BCUT2D eigenvalue weighted by molar-refractivity contribution is 5.93. The zero-order valence-corrected chi connectivity index (χ0v) is 20.2. The molecule has 0 amide bonds. The van der Waals surface area contributed by atoms with Gasteiger partial charge >= 0.3 is 17.6 Å². The Labute approximate surface area is 203 Å². The lowest BCUT2D eigenvalue weighted by atomic mass is 9.99. The van der Waals surface area contributed by atoms with E-state index in [9.17, 15) is 14.4 Å². The van der Waals surface area contributed by atoms with Crippen molar-refractivity contribution in [2.45, 2.75) is 19.8 Å². The maximum atomic E-state index is 12.2. The summed E-state index contributed by atoms with van der Waals surface area (Å²) in [6.07, 6.45) is 3.55. The molecule has 0 bridgehead atoms. The van der Waals surface area contributed by atoms with E-state index in [4.69, 9.17) is 19.4 Å². The standard InChI is InChI=1S/C21H29N3O3.C4H4O4/c1-15-19(26-14-16-4-3-9-23(2)13-16)6-5-17-18(12-20(25)27-21(15)17)24-10-7-22-8-11-24;5-3(6)1-2-4(7)8/h5-6,12,16,22H,3-4,7-11,13-14H2,1-2H3;1-2H,(H,5,6)(H,7,8)/b;2-1-. The Hall–Kier alpha value is -3.37. The Kier molecular flexibility index (Phi) is 9.27. The van der Waals surface area contributed by atoms with Gasteiger partial charge in [0.25, 0.3) is 0 Å².